The first-order valence-corrected chi connectivity index (χ1v) is 6.87. The van der Waals surface area contributed by atoms with Crippen molar-refractivity contribution in [1.82, 2.24) is 4.90 Å². The summed E-state index contributed by atoms with van der Waals surface area (Å²) in [5, 5.41) is 11.6. The van der Waals surface area contributed by atoms with Gasteiger partial charge in [-0.2, -0.15) is 0 Å². The van der Waals surface area contributed by atoms with Gasteiger partial charge in [-0.15, -0.1) is 0 Å². The number of amides is 2. The Morgan fingerprint density at radius 2 is 1.71 bits per heavy atom. The summed E-state index contributed by atoms with van der Waals surface area (Å²) in [6.45, 7) is 2.74. The van der Waals surface area contributed by atoms with E-state index in [4.69, 9.17) is 5.11 Å². The number of hydrogen-bond donors (Lipinski definition) is 2. The van der Waals surface area contributed by atoms with Crippen LogP contribution in [0, 0.1) is 5.92 Å². The average molecular weight is 290 g/mol. The fourth-order valence-corrected chi connectivity index (χ4v) is 2.40. The second kappa shape index (κ2) is 6.39. The largest absolute Gasteiger partial charge is 0.478 e. The van der Waals surface area contributed by atoms with Gasteiger partial charge in [0.2, 0.25) is 11.8 Å². The number of aromatic carboxylic acids is 1. The number of anilines is 1. The number of piperidine rings is 1. The predicted molar refractivity (Wildman–Crippen MR) is 77.0 cm³/mol. The van der Waals surface area contributed by atoms with E-state index in [1.54, 1.807) is 17.0 Å². The number of carbonyl (C=O) groups is 3. The number of benzene rings is 1. The first kappa shape index (κ1) is 15.0. The molecule has 2 N–H and O–H groups in total. The third-order valence-corrected chi connectivity index (χ3v) is 3.71. The van der Waals surface area contributed by atoms with E-state index in [1.807, 2.05) is 0 Å². The lowest BCUT2D eigenvalue weighted by atomic mass is 9.96. The maximum absolute atomic E-state index is 12.1. The third-order valence-electron chi connectivity index (χ3n) is 3.71. The van der Waals surface area contributed by atoms with Crippen molar-refractivity contribution < 1.29 is 19.5 Å². The molecule has 21 heavy (non-hydrogen) atoms. The highest BCUT2D eigenvalue weighted by molar-refractivity contribution is 5.94. The fourth-order valence-electron chi connectivity index (χ4n) is 2.40. The molecule has 0 spiro atoms. The summed E-state index contributed by atoms with van der Waals surface area (Å²) in [6.07, 6.45) is 1.30. The van der Waals surface area contributed by atoms with Gasteiger partial charge >= 0.3 is 5.97 Å². The van der Waals surface area contributed by atoms with Crippen molar-refractivity contribution in [2.75, 3.05) is 18.4 Å². The summed E-state index contributed by atoms with van der Waals surface area (Å²) >= 11 is 0. The van der Waals surface area contributed by atoms with Crippen LogP contribution in [-0.2, 0) is 9.59 Å². The van der Waals surface area contributed by atoms with E-state index in [-0.39, 0.29) is 23.3 Å². The molecule has 1 aliphatic heterocycles. The lowest BCUT2D eigenvalue weighted by Crippen LogP contribution is -2.40. The molecule has 0 bridgehead atoms. The van der Waals surface area contributed by atoms with E-state index < -0.39 is 5.97 Å². The molecule has 1 aromatic carbocycles. The zero-order valence-corrected chi connectivity index (χ0v) is 11.8. The SMILES string of the molecule is CC(=O)N1CCC(C(=O)Nc2ccc(C(=O)O)cc2)CC1. The molecule has 1 fully saturated rings. The minimum atomic E-state index is -0.996. The number of likely N-dealkylation sites (tertiary alicyclic amines) is 1. The number of hydrogen-bond acceptors (Lipinski definition) is 3. The number of carbonyl (C=O) groups excluding carboxylic acids is 2. The molecule has 112 valence electrons. The standard InChI is InChI=1S/C15H18N2O4/c1-10(18)17-8-6-11(7-9-17)14(19)16-13-4-2-12(3-5-13)15(20)21/h2-5,11H,6-9H2,1H3,(H,16,19)(H,20,21). The van der Waals surface area contributed by atoms with Crippen LogP contribution in [0.5, 0.6) is 0 Å². The number of carboxylic acid groups (broad SMARTS) is 1. The molecular formula is C15H18N2O4. The van der Waals surface area contributed by atoms with E-state index in [9.17, 15) is 14.4 Å². The molecule has 0 radical (unpaired) electrons. The minimum absolute atomic E-state index is 0.0399. The summed E-state index contributed by atoms with van der Waals surface area (Å²) in [5.74, 6) is -1.15. The molecule has 6 nitrogen and oxygen atoms in total. The first-order valence-electron chi connectivity index (χ1n) is 6.87. The molecule has 0 aliphatic carbocycles. The van der Waals surface area contributed by atoms with Gasteiger partial charge in [0.15, 0.2) is 0 Å². The second-order valence-corrected chi connectivity index (χ2v) is 5.15. The summed E-state index contributed by atoms with van der Waals surface area (Å²) < 4.78 is 0. The van der Waals surface area contributed by atoms with Crippen molar-refractivity contribution in [3.63, 3.8) is 0 Å². The Balaban J connectivity index is 1.90. The van der Waals surface area contributed by atoms with Crippen molar-refractivity contribution in [3.8, 4) is 0 Å². The molecular weight excluding hydrogens is 272 g/mol. The van der Waals surface area contributed by atoms with Crippen LogP contribution in [-0.4, -0.2) is 40.9 Å². The molecule has 1 saturated heterocycles. The third kappa shape index (κ3) is 3.81. The topological polar surface area (TPSA) is 86.7 Å². The van der Waals surface area contributed by atoms with E-state index in [2.05, 4.69) is 5.32 Å². The number of carboxylic acids is 1. The van der Waals surface area contributed by atoms with E-state index in [0.29, 0.717) is 31.6 Å². The van der Waals surface area contributed by atoms with Crippen molar-refractivity contribution in [1.29, 1.82) is 0 Å². The summed E-state index contributed by atoms with van der Waals surface area (Å²) in [4.78, 5) is 35.9. The van der Waals surface area contributed by atoms with Gasteiger partial charge in [-0.25, -0.2) is 4.79 Å². The highest BCUT2D eigenvalue weighted by atomic mass is 16.4. The van der Waals surface area contributed by atoms with Crippen LogP contribution in [0.25, 0.3) is 0 Å². The number of nitrogens with zero attached hydrogens (tertiary/aromatic N) is 1. The predicted octanol–water partition coefficient (Wildman–Crippen LogP) is 1.58. The quantitative estimate of drug-likeness (QED) is 0.885. The van der Waals surface area contributed by atoms with Crippen LogP contribution >= 0.6 is 0 Å². The van der Waals surface area contributed by atoms with Crippen LogP contribution in [0.3, 0.4) is 0 Å². The van der Waals surface area contributed by atoms with Gasteiger partial charge < -0.3 is 15.3 Å². The van der Waals surface area contributed by atoms with Crippen LogP contribution in [0.1, 0.15) is 30.1 Å². The Kier molecular flexibility index (Phi) is 4.57. The molecule has 2 amide bonds. The van der Waals surface area contributed by atoms with Gasteiger partial charge in [-0.1, -0.05) is 0 Å². The van der Waals surface area contributed by atoms with Gasteiger partial charge in [-0.3, -0.25) is 9.59 Å². The van der Waals surface area contributed by atoms with Crippen LogP contribution in [0.15, 0.2) is 24.3 Å². The average Bonchev–Trinajstić information content (AvgIpc) is 2.47. The fraction of sp³-hybridized carbons (Fsp3) is 0.400. The van der Waals surface area contributed by atoms with Crippen molar-refractivity contribution >= 4 is 23.5 Å². The second-order valence-electron chi connectivity index (χ2n) is 5.15. The van der Waals surface area contributed by atoms with Gasteiger partial charge in [0.1, 0.15) is 0 Å². The maximum atomic E-state index is 12.1. The maximum Gasteiger partial charge on any atom is 0.335 e. The zero-order chi connectivity index (χ0) is 15.4. The summed E-state index contributed by atoms with van der Waals surface area (Å²) in [6, 6.07) is 6.06. The number of nitrogens with one attached hydrogen (secondary N) is 1. The van der Waals surface area contributed by atoms with Crippen molar-refractivity contribution in [2.45, 2.75) is 19.8 Å². The zero-order valence-electron chi connectivity index (χ0n) is 11.8. The van der Waals surface area contributed by atoms with Crippen LogP contribution in [0.4, 0.5) is 5.69 Å². The van der Waals surface area contributed by atoms with Gasteiger partial charge in [-0.05, 0) is 37.1 Å². The lowest BCUT2D eigenvalue weighted by Gasteiger charge is -2.30. The van der Waals surface area contributed by atoms with Crippen LogP contribution in [0.2, 0.25) is 0 Å². The Morgan fingerprint density at radius 3 is 2.19 bits per heavy atom. The monoisotopic (exact) mass is 290 g/mol. The van der Waals surface area contributed by atoms with Crippen molar-refractivity contribution in [3.05, 3.63) is 29.8 Å². The van der Waals surface area contributed by atoms with Crippen molar-refractivity contribution in [2.24, 2.45) is 5.92 Å². The number of rotatable bonds is 3. The van der Waals surface area contributed by atoms with E-state index in [1.165, 1.54) is 19.1 Å². The summed E-state index contributed by atoms with van der Waals surface area (Å²) in [7, 11) is 0. The smallest absolute Gasteiger partial charge is 0.335 e. The molecule has 0 saturated carbocycles. The Morgan fingerprint density at radius 1 is 1.14 bits per heavy atom. The highest BCUT2D eigenvalue weighted by Crippen LogP contribution is 2.19. The molecule has 1 heterocycles. The molecule has 0 aromatic heterocycles. The van der Waals surface area contributed by atoms with Crippen LogP contribution < -0.4 is 5.32 Å². The Labute approximate surface area is 122 Å². The molecule has 2 rings (SSSR count). The molecule has 0 unspecified atom stereocenters. The first-order chi connectivity index (χ1) is 9.97. The van der Waals surface area contributed by atoms with E-state index >= 15 is 0 Å². The Bertz CT molecular complexity index is 545. The van der Waals surface area contributed by atoms with Gasteiger partial charge in [0, 0.05) is 31.6 Å². The molecule has 0 atom stereocenters. The molecule has 6 heteroatoms. The Hall–Kier alpha value is -2.37. The van der Waals surface area contributed by atoms with Gasteiger partial charge in [0.25, 0.3) is 0 Å². The van der Waals surface area contributed by atoms with Gasteiger partial charge in [0.05, 0.1) is 5.56 Å². The molecule has 1 aromatic rings. The molecule has 1 aliphatic rings. The lowest BCUT2D eigenvalue weighted by molar-refractivity contribution is -0.132. The highest BCUT2D eigenvalue weighted by Gasteiger charge is 2.25. The minimum Gasteiger partial charge on any atom is -0.478 e. The normalized spacial score (nSPS) is 15.6. The summed E-state index contributed by atoms with van der Waals surface area (Å²) in [5.41, 5.74) is 0.766. The van der Waals surface area contributed by atoms with E-state index in [0.717, 1.165) is 0 Å².